The summed E-state index contributed by atoms with van der Waals surface area (Å²) in [5, 5.41) is 9.11. The minimum Gasteiger partial charge on any atom is -0.444 e. The molecule has 0 saturated carbocycles. The van der Waals surface area contributed by atoms with Gasteiger partial charge in [-0.25, -0.2) is 19.7 Å². The minimum absolute atomic E-state index is 0.0120. The largest absolute Gasteiger partial charge is 0.444 e. The molecule has 3 heterocycles. The van der Waals surface area contributed by atoms with Crippen molar-refractivity contribution in [3.63, 3.8) is 0 Å². The molecule has 1 saturated heterocycles. The number of nitrogens with zero attached hydrogens (tertiary/aromatic N) is 4. The number of piperidine rings is 1. The summed E-state index contributed by atoms with van der Waals surface area (Å²) in [5.74, 6) is 2.26. The Balaban J connectivity index is 1.38. The standard InChI is InChI=1S/C34H42N6O3/c1-22(2)20-37-28-13-7-11-26-25(28)15-14-23(3)30(26)42-31-27(12-8-17-35-31)29-16-18-36-32(39-29)38-24-10-9-19-40(21-24)33(41)43-34(4,5)6/h7-8,11-18,22,24,37H,9-10,19-21H2,1-6H3,(H,36,38,39). The third kappa shape index (κ3) is 7.52. The van der Waals surface area contributed by atoms with E-state index in [1.165, 1.54) is 0 Å². The van der Waals surface area contributed by atoms with Gasteiger partial charge in [-0.3, -0.25) is 0 Å². The van der Waals surface area contributed by atoms with Gasteiger partial charge in [0.05, 0.1) is 11.3 Å². The lowest BCUT2D eigenvalue weighted by atomic mass is 10.0. The predicted molar refractivity (Wildman–Crippen MR) is 172 cm³/mol. The maximum absolute atomic E-state index is 12.6. The van der Waals surface area contributed by atoms with Crippen LogP contribution in [0.1, 0.15) is 53.0 Å². The highest BCUT2D eigenvalue weighted by molar-refractivity contribution is 5.98. The zero-order valence-electron chi connectivity index (χ0n) is 26.0. The van der Waals surface area contributed by atoms with Crippen molar-refractivity contribution in [3.05, 3.63) is 66.5 Å². The molecule has 0 spiro atoms. The van der Waals surface area contributed by atoms with Gasteiger partial charge in [0.15, 0.2) is 0 Å². The Kier molecular flexibility index (Phi) is 8.99. The first-order chi connectivity index (χ1) is 20.6. The molecule has 2 N–H and O–H groups in total. The number of aryl methyl sites for hydroxylation is 1. The Hall–Kier alpha value is -4.40. The van der Waals surface area contributed by atoms with E-state index in [0.717, 1.165) is 52.7 Å². The Morgan fingerprint density at radius 3 is 2.67 bits per heavy atom. The van der Waals surface area contributed by atoms with Gasteiger partial charge in [-0.1, -0.05) is 38.1 Å². The molecule has 1 aliphatic rings. The van der Waals surface area contributed by atoms with Crippen molar-refractivity contribution >= 4 is 28.5 Å². The molecular formula is C34H42N6O3. The zero-order chi connectivity index (χ0) is 30.6. The fourth-order valence-electron chi connectivity index (χ4n) is 5.15. The Labute approximate surface area is 254 Å². The number of amides is 1. The monoisotopic (exact) mass is 582 g/mol. The molecule has 0 aliphatic carbocycles. The highest BCUT2D eigenvalue weighted by atomic mass is 16.6. The molecule has 5 rings (SSSR count). The summed E-state index contributed by atoms with van der Waals surface area (Å²) in [6, 6.07) is 16.1. The third-order valence-corrected chi connectivity index (χ3v) is 7.22. The van der Waals surface area contributed by atoms with Gasteiger partial charge in [0, 0.05) is 54.5 Å². The number of hydrogen-bond acceptors (Lipinski definition) is 8. The fraction of sp³-hybridized carbons (Fsp3) is 0.412. The number of aromatic nitrogens is 3. The van der Waals surface area contributed by atoms with Crippen LogP contribution in [0, 0.1) is 12.8 Å². The van der Waals surface area contributed by atoms with E-state index in [9.17, 15) is 4.79 Å². The number of nitrogens with one attached hydrogen (secondary N) is 2. The van der Waals surface area contributed by atoms with Crippen LogP contribution in [-0.2, 0) is 4.74 Å². The van der Waals surface area contributed by atoms with Gasteiger partial charge < -0.3 is 25.0 Å². The first kappa shape index (κ1) is 30.1. The highest BCUT2D eigenvalue weighted by Gasteiger charge is 2.28. The fourth-order valence-corrected chi connectivity index (χ4v) is 5.15. The van der Waals surface area contributed by atoms with E-state index < -0.39 is 5.60 Å². The molecule has 2 aromatic heterocycles. The highest BCUT2D eigenvalue weighted by Crippen LogP contribution is 2.38. The summed E-state index contributed by atoms with van der Waals surface area (Å²) in [5.41, 5.74) is 3.02. The quantitative estimate of drug-likeness (QED) is 0.218. The molecule has 9 nitrogen and oxygen atoms in total. The number of ether oxygens (including phenoxy) is 2. The summed E-state index contributed by atoms with van der Waals surface area (Å²) in [6.07, 6.45) is 4.94. The Bertz CT molecular complexity index is 1580. The van der Waals surface area contributed by atoms with E-state index in [4.69, 9.17) is 14.5 Å². The maximum Gasteiger partial charge on any atom is 0.410 e. The van der Waals surface area contributed by atoms with Gasteiger partial charge in [-0.15, -0.1) is 0 Å². The van der Waals surface area contributed by atoms with Crippen molar-refractivity contribution in [3.8, 4) is 22.9 Å². The molecule has 9 heteroatoms. The molecule has 43 heavy (non-hydrogen) atoms. The Morgan fingerprint density at radius 1 is 1.05 bits per heavy atom. The summed E-state index contributed by atoms with van der Waals surface area (Å²) in [7, 11) is 0. The molecule has 1 amide bonds. The van der Waals surface area contributed by atoms with E-state index in [1.54, 1.807) is 17.3 Å². The van der Waals surface area contributed by atoms with Crippen LogP contribution < -0.4 is 15.4 Å². The first-order valence-corrected chi connectivity index (χ1v) is 15.0. The number of hydrogen-bond donors (Lipinski definition) is 2. The second-order valence-corrected chi connectivity index (χ2v) is 12.5. The van der Waals surface area contributed by atoms with Crippen molar-refractivity contribution in [1.29, 1.82) is 0 Å². The molecule has 226 valence electrons. The van der Waals surface area contributed by atoms with Gasteiger partial charge in [-0.2, -0.15) is 0 Å². The number of rotatable bonds is 8. The molecule has 2 aromatic carbocycles. The van der Waals surface area contributed by atoms with Crippen molar-refractivity contribution < 1.29 is 14.3 Å². The topological polar surface area (TPSA) is 102 Å². The van der Waals surface area contributed by atoms with Crippen LogP contribution in [0.4, 0.5) is 16.4 Å². The third-order valence-electron chi connectivity index (χ3n) is 7.22. The van der Waals surface area contributed by atoms with Gasteiger partial charge in [0.1, 0.15) is 11.4 Å². The second kappa shape index (κ2) is 12.9. The molecule has 1 atom stereocenters. The number of carbonyl (C=O) groups is 1. The van der Waals surface area contributed by atoms with Crippen LogP contribution >= 0.6 is 0 Å². The maximum atomic E-state index is 12.6. The number of fused-ring (bicyclic) bond motifs is 1. The predicted octanol–water partition coefficient (Wildman–Crippen LogP) is 7.67. The average Bonchev–Trinajstić information content (AvgIpc) is 2.97. The lowest BCUT2D eigenvalue weighted by Gasteiger charge is -2.34. The number of likely N-dealkylation sites (tertiary alicyclic amines) is 1. The number of benzene rings is 2. The van der Waals surface area contributed by atoms with Crippen LogP contribution in [0.5, 0.6) is 11.6 Å². The van der Waals surface area contributed by atoms with Crippen LogP contribution in [0.25, 0.3) is 22.0 Å². The van der Waals surface area contributed by atoms with E-state index >= 15 is 0 Å². The second-order valence-electron chi connectivity index (χ2n) is 12.5. The van der Waals surface area contributed by atoms with Gasteiger partial charge in [0.25, 0.3) is 0 Å². The SMILES string of the molecule is Cc1ccc2c(NCC(C)C)cccc2c1Oc1ncccc1-c1ccnc(NC2CCCN(C(=O)OC(C)(C)C)C2)n1. The van der Waals surface area contributed by atoms with Crippen molar-refractivity contribution in [1.82, 2.24) is 19.9 Å². The molecule has 4 aromatic rings. The van der Waals surface area contributed by atoms with Crippen LogP contribution in [0.2, 0.25) is 0 Å². The summed E-state index contributed by atoms with van der Waals surface area (Å²) in [6.45, 7) is 14.2. The molecule has 0 radical (unpaired) electrons. The van der Waals surface area contributed by atoms with E-state index in [1.807, 2.05) is 52.0 Å². The number of anilines is 2. The summed E-state index contributed by atoms with van der Waals surface area (Å²) >= 11 is 0. The Morgan fingerprint density at radius 2 is 1.88 bits per heavy atom. The first-order valence-electron chi connectivity index (χ1n) is 15.0. The molecular weight excluding hydrogens is 540 g/mol. The summed E-state index contributed by atoms with van der Waals surface area (Å²) < 4.78 is 12.2. The van der Waals surface area contributed by atoms with E-state index in [0.29, 0.717) is 36.5 Å². The molecule has 1 unspecified atom stereocenters. The van der Waals surface area contributed by atoms with Crippen LogP contribution in [0.15, 0.2) is 60.9 Å². The average molecular weight is 583 g/mol. The smallest absolute Gasteiger partial charge is 0.410 e. The minimum atomic E-state index is -0.532. The normalized spacial score (nSPS) is 15.4. The van der Waals surface area contributed by atoms with Crippen LogP contribution in [0.3, 0.4) is 0 Å². The van der Waals surface area contributed by atoms with Gasteiger partial charge >= 0.3 is 6.09 Å². The molecule has 0 bridgehead atoms. The molecule has 1 fully saturated rings. The van der Waals surface area contributed by atoms with Gasteiger partial charge in [-0.05, 0) is 76.3 Å². The lowest BCUT2D eigenvalue weighted by molar-refractivity contribution is 0.0206. The van der Waals surface area contributed by atoms with Crippen molar-refractivity contribution in [2.45, 2.75) is 66.0 Å². The van der Waals surface area contributed by atoms with Gasteiger partial charge in [0.2, 0.25) is 11.8 Å². The summed E-state index contributed by atoms with van der Waals surface area (Å²) in [4.78, 5) is 28.3. The molecule has 1 aliphatic heterocycles. The number of carbonyl (C=O) groups excluding carboxylic acids is 1. The lowest BCUT2D eigenvalue weighted by Crippen LogP contribution is -2.47. The number of pyridine rings is 1. The van der Waals surface area contributed by atoms with Crippen LogP contribution in [-0.4, -0.2) is 57.2 Å². The van der Waals surface area contributed by atoms with E-state index in [-0.39, 0.29) is 12.1 Å². The van der Waals surface area contributed by atoms with Crippen molar-refractivity contribution in [2.75, 3.05) is 30.3 Å². The van der Waals surface area contributed by atoms with Crippen molar-refractivity contribution in [2.24, 2.45) is 5.92 Å². The zero-order valence-corrected chi connectivity index (χ0v) is 26.0. The van der Waals surface area contributed by atoms with E-state index in [2.05, 4.69) is 58.7 Å².